The number of anilines is 2. The van der Waals surface area contributed by atoms with E-state index in [0.29, 0.717) is 0 Å². The van der Waals surface area contributed by atoms with E-state index in [4.69, 9.17) is 0 Å². The molecule has 1 aromatic heterocycles. The summed E-state index contributed by atoms with van der Waals surface area (Å²) in [5.41, 5.74) is 2.45. The quantitative estimate of drug-likeness (QED) is 0.826. The van der Waals surface area contributed by atoms with Gasteiger partial charge in [0.15, 0.2) is 5.16 Å². The summed E-state index contributed by atoms with van der Waals surface area (Å²) >= 11 is 1.51. The molecule has 0 atom stereocenters. The monoisotopic (exact) mass is 358 g/mol. The van der Waals surface area contributed by atoms with Crippen molar-refractivity contribution in [2.75, 3.05) is 24.3 Å². The van der Waals surface area contributed by atoms with Crippen LogP contribution in [0.1, 0.15) is 32.0 Å². The molecule has 6 heteroatoms. The molecular weight excluding hydrogens is 332 g/mol. The van der Waals surface area contributed by atoms with E-state index < -0.39 is 5.41 Å². The van der Waals surface area contributed by atoms with Gasteiger partial charge in [-0.15, -0.1) is 0 Å². The molecule has 0 saturated heterocycles. The number of benzene rings is 1. The zero-order chi connectivity index (χ0) is 18.8. The lowest BCUT2D eigenvalue weighted by Crippen LogP contribution is -2.27. The number of nitrogens with one attached hydrogen (secondary N) is 1. The highest BCUT2D eigenvalue weighted by molar-refractivity contribution is 7.99. The number of nitrogens with zero attached hydrogens (tertiary/aromatic N) is 3. The van der Waals surface area contributed by atoms with Crippen LogP contribution in [0.4, 0.5) is 11.5 Å². The Bertz CT molecular complexity index is 764. The number of amides is 1. The van der Waals surface area contributed by atoms with Crippen LogP contribution in [0.2, 0.25) is 0 Å². The molecule has 2 rings (SSSR count). The zero-order valence-electron chi connectivity index (χ0n) is 16.0. The first kappa shape index (κ1) is 19.2. The van der Waals surface area contributed by atoms with E-state index >= 15 is 0 Å². The predicted octanol–water partition coefficient (Wildman–Crippen LogP) is 4.30. The first-order valence-corrected chi connectivity index (χ1v) is 9.01. The normalized spacial score (nSPS) is 11.3. The Morgan fingerprint density at radius 3 is 2.20 bits per heavy atom. The Hall–Kier alpha value is -2.08. The van der Waals surface area contributed by atoms with E-state index in [-0.39, 0.29) is 5.91 Å². The van der Waals surface area contributed by atoms with Crippen LogP contribution in [0.15, 0.2) is 34.3 Å². The molecule has 0 aliphatic carbocycles. The lowest BCUT2D eigenvalue weighted by atomic mass is 9.95. The number of hydrogen-bond acceptors (Lipinski definition) is 5. The summed E-state index contributed by atoms with van der Waals surface area (Å²) in [6.45, 7) is 9.72. The smallest absolute Gasteiger partial charge is 0.229 e. The van der Waals surface area contributed by atoms with Crippen molar-refractivity contribution in [3.63, 3.8) is 0 Å². The van der Waals surface area contributed by atoms with E-state index in [9.17, 15) is 4.79 Å². The molecule has 0 aliphatic heterocycles. The molecule has 0 fully saturated rings. The average Bonchev–Trinajstić information content (AvgIpc) is 2.51. The predicted molar refractivity (Wildman–Crippen MR) is 104 cm³/mol. The first-order valence-electron chi connectivity index (χ1n) is 8.20. The average molecular weight is 359 g/mol. The van der Waals surface area contributed by atoms with Crippen molar-refractivity contribution in [3.05, 3.63) is 35.5 Å². The number of aryl methyl sites for hydroxylation is 1. The zero-order valence-corrected chi connectivity index (χ0v) is 16.8. The molecular formula is C19H26N4OS. The second kappa shape index (κ2) is 7.44. The summed E-state index contributed by atoms with van der Waals surface area (Å²) in [6.07, 6.45) is 0. The molecule has 0 unspecified atom stereocenters. The van der Waals surface area contributed by atoms with Crippen LogP contribution in [-0.2, 0) is 4.79 Å². The van der Waals surface area contributed by atoms with E-state index in [0.717, 1.165) is 32.8 Å². The largest absolute Gasteiger partial charge is 0.362 e. The second-order valence-electron chi connectivity index (χ2n) is 7.27. The molecule has 1 heterocycles. The molecule has 1 amide bonds. The Balaban J connectivity index is 2.15. The third kappa shape index (κ3) is 4.95. The van der Waals surface area contributed by atoms with Gasteiger partial charge < -0.3 is 10.2 Å². The summed E-state index contributed by atoms with van der Waals surface area (Å²) in [6, 6.07) is 7.74. The van der Waals surface area contributed by atoms with Crippen molar-refractivity contribution in [1.29, 1.82) is 0 Å². The third-order valence-electron chi connectivity index (χ3n) is 3.77. The molecule has 134 valence electrons. The molecule has 2 aromatic rings. The maximum Gasteiger partial charge on any atom is 0.229 e. The topological polar surface area (TPSA) is 58.1 Å². The molecule has 25 heavy (non-hydrogen) atoms. The van der Waals surface area contributed by atoms with Crippen LogP contribution in [0.3, 0.4) is 0 Å². The Morgan fingerprint density at radius 1 is 1.08 bits per heavy atom. The van der Waals surface area contributed by atoms with E-state index in [1.165, 1.54) is 11.8 Å². The highest BCUT2D eigenvalue weighted by Gasteiger charge is 2.21. The summed E-state index contributed by atoms with van der Waals surface area (Å²) in [4.78, 5) is 24.3. The molecule has 0 radical (unpaired) electrons. The lowest BCUT2D eigenvalue weighted by Gasteiger charge is -2.18. The minimum atomic E-state index is -0.413. The summed E-state index contributed by atoms with van der Waals surface area (Å²) in [5.74, 6) is 0.935. The van der Waals surface area contributed by atoms with Crippen molar-refractivity contribution in [2.24, 2.45) is 5.41 Å². The molecule has 1 aromatic carbocycles. The van der Waals surface area contributed by atoms with Gasteiger partial charge in [0.2, 0.25) is 5.91 Å². The second-order valence-corrected chi connectivity index (χ2v) is 8.31. The Labute approximate surface area is 154 Å². The van der Waals surface area contributed by atoms with Gasteiger partial charge in [0.1, 0.15) is 5.82 Å². The third-order valence-corrected chi connectivity index (χ3v) is 4.64. The summed E-state index contributed by atoms with van der Waals surface area (Å²) in [7, 11) is 3.96. The van der Waals surface area contributed by atoms with E-state index in [1.807, 2.05) is 77.9 Å². The molecule has 0 saturated carbocycles. The number of aromatic nitrogens is 2. The fourth-order valence-electron chi connectivity index (χ4n) is 2.10. The van der Waals surface area contributed by atoms with Gasteiger partial charge in [-0.25, -0.2) is 9.97 Å². The van der Waals surface area contributed by atoms with Crippen LogP contribution in [0.25, 0.3) is 0 Å². The van der Waals surface area contributed by atoms with Gasteiger partial charge in [-0.05, 0) is 49.9 Å². The van der Waals surface area contributed by atoms with Gasteiger partial charge in [-0.1, -0.05) is 20.8 Å². The maximum absolute atomic E-state index is 12.0. The van der Waals surface area contributed by atoms with Gasteiger partial charge in [0.05, 0.1) is 0 Å². The maximum atomic E-state index is 12.0. The number of carbonyl (C=O) groups is 1. The fourth-order valence-corrected chi connectivity index (χ4v) is 2.90. The van der Waals surface area contributed by atoms with Crippen LogP contribution in [-0.4, -0.2) is 30.0 Å². The van der Waals surface area contributed by atoms with E-state index in [1.54, 1.807) is 0 Å². The van der Waals surface area contributed by atoms with Gasteiger partial charge in [-0.3, -0.25) is 4.79 Å². The minimum Gasteiger partial charge on any atom is -0.362 e. The number of hydrogen-bond donors (Lipinski definition) is 1. The standard InChI is InChI=1S/C19H26N4OS/c1-12-13(2)20-18(22-16(12)23(6)7)25-15-10-8-14(9-11-15)21-17(24)19(3,4)5/h8-11H,1-7H3,(H,21,24). The SMILES string of the molecule is Cc1nc(Sc2ccc(NC(=O)C(C)(C)C)cc2)nc(N(C)C)c1C. The van der Waals surface area contributed by atoms with Gasteiger partial charge >= 0.3 is 0 Å². The first-order chi connectivity index (χ1) is 11.6. The molecule has 0 aliphatic rings. The number of rotatable bonds is 4. The lowest BCUT2D eigenvalue weighted by molar-refractivity contribution is -0.123. The number of carbonyl (C=O) groups excluding carboxylic acids is 1. The van der Waals surface area contributed by atoms with Gasteiger partial charge in [-0.2, -0.15) is 0 Å². The van der Waals surface area contributed by atoms with Crippen LogP contribution < -0.4 is 10.2 Å². The summed E-state index contributed by atoms with van der Waals surface area (Å²) < 4.78 is 0. The summed E-state index contributed by atoms with van der Waals surface area (Å²) in [5, 5.41) is 3.65. The fraction of sp³-hybridized carbons (Fsp3) is 0.421. The molecule has 1 N–H and O–H groups in total. The van der Waals surface area contributed by atoms with Crippen molar-refractivity contribution < 1.29 is 4.79 Å². The Morgan fingerprint density at radius 2 is 1.68 bits per heavy atom. The Kier molecular flexibility index (Phi) is 5.72. The van der Waals surface area contributed by atoms with Gasteiger partial charge in [0, 0.05) is 41.4 Å². The van der Waals surface area contributed by atoms with Crippen LogP contribution in [0, 0.1) is 19.3 Å². The highest BCUT2D eigenvalue weighted by atomic mass is 32.2. The molecule has 0 bridgehead atoms. The van der Waals surface area contributed by atoms with Crippen molar-refractivity contribution in [3.8, 4) is 0 Å². The molecule has 5 nitrogen and oxygen atoms in total. The highest BCUT2D eigenvalue weighted by Crippen LogP contribution is 2.29. The molecule has 0 spiro atoms. The van der Waals surface area contributed by atoms with E-state index in [2.05, 4.69) is 15.3 Å². The van der Waals surface area contributed by atoms with Gasteiger partial charge in [0.25, 0.3) is 0 Å². The minimum absolute atomic E-state index is 0.000945. The van der Waals surface area contributed by atoms with Crippen molar-refractivity contribution >= 4 is 29.2 Å². The van der Waals surface area contributed by atoms with Crippen LogP contribution >= 0.6 is 11.8 Å². The van der Waals surface area contributed by atoms with Crippen molar-refractivity contribution in [1.82, 2.24) is 9.97 Å². The van der Waals surface area contributed by atoms with Crippen molar-refractivity contribution in [2.45, 2.75) is 44.7 Å². The van der Waals surface area contributed by atoms with Crippen LogP contribution in [0.5, 0.6) is 0 Å².